The van der Waals surface area contributed by atoms with Crippen molar-refractivity contribution in [1.29, 1.82) is 0 Å². The Morgan fingerprint density at radius 2 is 1.64 bits per heavy atom. The predicted molar refractivity (Wildman–Crippen MR) is 127 cm³/mol. The van der Waals surface area contributed by atoms with E-state index in [0.29, 0.717) is 25.0 Å². The Morgan fingerprint density at radius 3 is 2.24 bits per heavy atom. The molecule has 2 rings (SSSR count). The van der Waals surface area contributed by atoms with Crippen LogP contribution >= 0.6 is 23.2 Å². The second-order valence-electron chi connectivity index (χ2n) is 8.00. The molecule has 0 bridgehead atoms. The van der Waals surface area contributed by atoms with Gasteiger partial charge in [0.25, 0.3) is 17.7 Å². The van der Waals surface area contributed by atoms with Crippen molar-refractivity contribution in [2.45, 2.75) is 63.8 Å². The standard InChI is InChI=1S/C23H29Cl2N3O5/c1-28-19(29)14-26-17(22(28)31)12-7-5-3-2-4-6-8-13-18(23(32)33)27-21(30)20-15(24)10-9-11-16(20)25/h9-11,18H,2-8,12-14H2,1H3,(H,27,30)(H,32,33)/t18-/m0/s1. The first-order chi connectivity index (χ1) is 15.7. The lowest BCUT2D eigenvalue weighted by Crippen LogP contribution is -2.43. The molecule has 1 aliphatic rings. The third-order valence-corrected chi connectivity index (χ3v) is 6.16. The van der Waals surface area contributed by atoms with E-state index in [9.17, 15) is 24.3 Å². The molecule has 180 valence electrons. The smallest absolute Gasteiger partial charge is 0.326 e. The molecule has 1 aromatic carbocycles. The first-order valence-corrected chi connectivity index (χ1v) is 11.8. The van der Waals surface area contributed by atoms with Gasteiger partial charge < -0.3 is 10.4 Å². The molecule has 1 atom stereocenters. The molecule has 0 aliphatic carbocycles. The van der Waals surface area contributed by atoms with Crippen LogP contribution in [0.1, 0.15) is 68.1 Å². The highest BCUT2D eigenvalue weighted by molar-refractivity contribution is 6.42. The Balaban J connectivity index is 1.62. The lowest BCUT2D eigenvalue weighted by molar-refractivity contribution is -0.140. The molecule has 1 heterocycles. The SMILES string of the molecule is CN1C(=O)CN=C(CCCCCCCCC[C@H](NC(=O)c2c(Cl)cccc2Cl)C(=O)O)C1=O. The van der Waals surface area contributed by atoms with Crippen molar-refractivity contribution in [3.05, 3.63) is 33.8 Å². The normalized spacial score (nSPS) is 14.8. The average Bonchev–Trinajstić information content (AvgIpc) is 2.76. The summed E-state index contributed by atoms with van der Waals surface area (Å²) in [5.41, 5.74) is 0.545. The van der Waals surface area contributed by atoms with Crippen LogP contribution in [0.3, 0.4) is 0 Å². The monoisotopic (exact) mass is 497 g/mol. The van der Waals surface area contributed by atoms with Crippen LogP contribution in [0.2, 0.25) is 10.0 Å². The highest BCUT2D eigenvalue weighted by atomic mass is 35.5. The Kier molecular flexibility index (Phi) is 10.8. The minimum absolute atomic E-state index is 0.0425. The van der Waals surface area contributed by atoms with Gasteiger partial charge in [-0.15, -0.1) is 0 Å². The molecular weight excluding hydrogens is 469 g/mol. The van der Waals surface area contributed by atoms with Crippen molar-refractivity contribution in [3.63, 3.8) is 0 Å². The van der Waals surface area contributed by atoms with Crippen molar-refractivity contribution in [1.82, 2.24) is 10.2 Å². The summed E-state index contributed by atoms with van der Waals surface area (Å²) in [7, 11) is 1.48. The van der Waals surface area contributed by atoms with Gasteiger partial charge >= 0.3 is 5.97 Å². The third-order valence-electron chi connectivity index (χ3n) is 5.53. The molecule has 3 amide bonds. The number of halogens is 2. The maximum absolute atomic E-state index is 12.4. The zero-order chi connectivity index (χ0) is 24.4. The van der Waals surface area contributed by atoms with Gasteiger partial charge in [-0.3, -0.25) is 24.3 Å². The molecule has 2 N–H and O–H groups in total. The number of amides is 3. The van der Waals surface area contributed by atoms with Crippen molar-refractivity contribution >= 4 is 52.6 Å². The maximum atomic E-state index is 12.4. The summed E-state index contributed by atoms with van der Waals surface area (Å²) in [6.45, 7) is 0.0425. The number of carbonyl (C=O) groups excluding carboxylic acids is 3. The Labute approximate surface area is 203 Å². The molecule has 10 heteroatoms. The van der Waals surface area contributed by atoms with Gasteiger partial charge in [0.05, 0.1) is 15.6 Å². The molecule has 0 saturated carbocycles. The molecule has 0 spiro atoms. The highest BCUT2D eigenvalue weighted by Crippen LogP contribution is 2.24. The van der Waals surface area contributed by atoms with Crippen LogP contribution in [-0.2, 0) is 14.4 Å². The van der Waals surface area contributed by atoms with Gasteiger partial charge in [0.1, 0.15) is 18.3 Å². The zero-order valence-corrected chi connectivity index (χ0v) is 20.1. The molecular formula is C23H29Cl2N3O5. The maximum Gasteiger partial charge on any atom is 0.326 e. The second-order valence-corrected chi connectivity index (χ2v) is 8.81. The summed E-state index contributed by atoms with van der Waals surface area (Å²) < 4.78 is 0. The quantitative estimate of drug-likeness (QED) is 0.314. The molecule has 0 fully saturated rings. The van der Waals surface area contributed by atoms with Gasteiger partial charge in [-0.1, -0.05) is 67.8 Å². The molecule has 0 unspecified atom stereocenters. The third kappa shape index (κ3) is 8.12. The molecule has 0 aromatic heterocycles. The van der Waals surface area contributed by atoms with E-state index in [4.69, 9.17) is 23.2 Å². The van der Waals surface area contributed by atoms with Crippen LogP contribution in [0.25, 0.3) is 0 Å². The number of nitrogens with zero attached hydrogens (tertiary/aromatic N) is 2. The van der Waals surface area contributed by atoms with Gasteiger partial charge in [-0.25, -0.2) is 4.79 Å². The summed E-state index contributed by atoms with van der Waals surface area (Å²) >= 11 is 12.0. The first-order valence-electron chi connectivity index (χ1n) is 11.0. The van der Waals surface area contributed by atoms with Crippen LogP contribution in [0.4, 0.5) is 0 Å². The fraction of sp³-hybridized carbons (Fsp3) is 0.522. The molecule has 1 aromatic rings. The predicted octanol–water partition coefficient (Wildman–Crippen LogP) is 4.13. The number of unbranched alkanes of at least 4 members (excludes halogenated alkanes) is 6. The fourth-order valence-electron chi connectivity index (χ4n) is 3.56. The lowest BCUT2D eigenvalue weighted by Gasteiger charge is -2.20. The van der Waals surface area contributed by atoms with Gasteiger partial charge in [-0.05, 0) is 31.4 Å². The van der Waals surface area contributed by atoms with E-state index in [1.807, 2.05) is 0 Å². The number of carboxylic acids is 1. The van der Waals surface area contributed by atoms with E-state index in [1.165, 1.54) is 19.2 Å². The van der Waals surface area contributed by atoms with Crippen molar-refractivity contribution < 1.29 is 24.3 Å². The summed E-state index contributed by atoms with van der Waals surface area (Å²) in [6, 6.07) is 3.65. The number of imide groups is 1. The van der Waals surface area contributed by atoms with Crippen molar-refractivity contribution in [2.24, 2.45) is 4.99 Å². The van der Waals surface area contributed by atoms with Crippen LogP contribution in [0.15, 0.2) is 23.2 Å². The molecule has 1 aliphatic heterocycles. The Hall–Kier alpha value is -2.45. The number of nitrogens with one attached hydrogen (secondary N) is 1. The van der Waals surface area contributed by atoms with Crippen LogP contribution in [0.5, 0.6) is 0 Å². The lowest BCUT2D eigenvalue weighted by atomic mass is 10.0. The molecule has 33 heavy (non-hydrogen) atoms. The van der Waals surface area contributed by atoms with Gasteiger partial charge in [0.15, 0.2) is 0 Å². The summed E-state index contributed by atoms with van der Waals surface area (Å²) in [5.74, 6) is -2.28. The highest BCUT2D eigenvalue weighted by Gasteiger charge is 2.26. The van der Waals surface area contributed by atoms with E-state index < -0.39 is 17.9 Å². The Morgan fingerprint density at radius 1 is 1.06 bits per heavy atom. The summed E-state index contributed by atoms with van der Waals surface area (Å²) in [6.07, 6.45) is 7.15. The summed E-state index contributed by atoms with van der Waals surface area (Å²) in [5, 5.41) is 12.3. The van der Waals surface area contributed by atoms with Crippen LogP contribution in [0, 0.1) is 0 Å². The van der Waals surface area contributed by atoms with E-state index in [1.54, 1.807) is 6.07 Å². The van der Waals surface area contributed by atoms with Gasteiger partial charge in [0.2, 0.25) is 0 Å². The van der Waals surface area contributed by atoms with Crippen molar-refractivity contribution in [2.75, 3.05) is 13.6 Å². The number of aliphatic carboxylic acids is 1. The number of carbonyl (C=O) groups is 4. The molecule has 0 radical (unpaired) electrons. The number of hydrogen-bond acceptors (Lipinski definition) is 5. The first kappa shape index (κ1) is 26.8. The van der Waals surface area contributed by atoms with Crippen molar-refractivity contribution in [3.8, 4) is 0 Å². The number of rotatable bonds is 13. The number of hydrogen-bond donors (Lipinski definition) is 2. The minimum Gasteiger partial charge on any atom is -0.480 e. The molecule has 0 saturated heterocycles. The average molecular weight is 498 g/mol. The van der Waals surface area contributed by atoms with Gasteiger partial charge in [0, 0.05) is 7.05 Å². The minimum atomic E-state index is -1.10. The van der Waals surface area contributed by atoms with Crippen LogP contribution in [-0.4, -0.2) is 59.0 Å². The van der Waals surface area contributed by atoms with E-state index >= 15 is 0 Å². The van der Waals surface area contributed by atoms with Gasteiger partial charge in [-0.2, -0.15) is 0 Å². The number of aliphatic imine (C=N–C) groups is 1. The fourth-order valence-corrected chi connectivity index (χ4v) is 4.13. The number of carboxylic acid groups (broad SMARTS) is 1. The Bertz CT molecular complexity index is 899. The topological polar surface area (TPSA) is 116 Å². The molecule has 8 nitrogen and oxygen atoms in total. The van der Waals surface area contributed by atoms with E-state index in [-0.39, 0.29) is 34.0 Å². The van der Waals surface area contributed by atoms with E-state index in [0.717, 1.165) is 43.4 Å². The zero-order valence-electron chi connectivity index (χ0n) is 18.6. The van der Waals surface area contributed by atoms with Crippen LogP contribution < -0.4 is 5.32 Å². The summed E-state index contributed by atoms with van der Waals surface area (Å²) in [4.78, 5) is 52.5. The van der Waals surface area contributed by atoms with E-state index in [2.05, 4.69) is 10.3 Å². The largest absolute Gasteiger partial charge is 0.480 e. The second kappa shape index (κ2) is 13.3. The number of benzene rings is 1. The number of likely N-dealkylation sites (N-methyl/N-ethyl adjacent to an activating group) is 1.